The van der Waals surface area contributed by atoms with E-state index in [9.17, 15) is 14.4 Å². The number of nitrogens with zero attached hydrogens (tertiary/aromatic N) is 1. The standard InChI is InChI=1S/C16H25NO4/c1-4-7-8-12(5-2)11-21-16(20)13(6-3)17-14(18)9-10-15(17)19/h9-10,12-13H,4-8,11H2,1-3H3. The van der Waals surface area contributed by atoms with Crippen molar-refractivity contribution in [2.45, 2.75) is 58.9 Å². The molecule has 0 saturated carbocycles. The third-order valence-electron chi connectivity index (χ3n) is 3.82. The molecule has 2 unspecified atom stereocenters. The van der Waals surface area contributed by atoms with Crippen LogP contribution in [0.4, 0.5) is 0 Å². The van der Waals surface area contributed by atoms with Gasteiger partial charge in [-0.3, -0.25) is 14.5 Å². The summed E-state index contributed by atoms with van der Waals surface area (Å²) in [4.78, 5) is 36.4. The molecule has 0 fully saturated rings. The largest absolute Gasteiger partial charge is 0.464 e. The predicted octanol–water partition coefficient (Wildman–Crippen LogP) is 2.45. The molecule has 5 heteroatoms. The maximum absolute atomic E-state index is 12.2. The Bertz CT molecular complexity index is 399. The molecule has 0 aromatic heterocycles. The smallest absolute Gasteiger partial charge is 0.329 e. The number of amides is 2. The van der Waals surface area contributed by atoms with Crippen LogP contribution < -0.4 is 0 Å². The van der Waals surface area contributed by atoms with Gasteiger partial charge in [0.1, 0.15) is 6.04 Å². The van der Waals surface area contributed by atoms with Crippen LogP contribution in [-0.4, -0.2) is 35.3 Å². The number of rotatable bonds is 9. The number of unbranched alkanes of at least 4 members (excludes halogenated alkanes) is 1. The highest BCUT2D eigenvalue weighted by Crippen LogP contribution is 2.16. The van der Waals surface area contributed by atoms with Crippen molar-refractivity contribution < 1.29 is 19.1 Å². The Morgan fingerprint density at radius 3 is 2.24 bits per heavy atom. The number of hydrogen-bond donors (Lipinski definition) is 0. The molecule has 0 radical (unpaired) electrons. The molecular formula is C16H25NO4. The Balaban J connectivity index is 2.55. The van der Waals surface area contributed by atoms with Crippen LogP contribution in [-0.2, 0) is 19.1 Å². The summed E-state index contributed by atoms with van der Waals surface area (Å²) in [6.07, 6.45) is 6.95. The van der Waals surface area contributed by atoms with E-state index in [2.05, 4.69) is 13.8 Å². The minimum Gasteiger partial charge on any atom is -0.464 e. The summed E-state index contributed by atoms with van der Waals surface area (Å²) < 4.78 is 5.34. The molecule has 21 heavy (non-hydrogen) atoms. The minimum atomic E-state index is -0.816. The van der Waals surface area contributed by atoms with Gasteiger partial charge in [-0.1, -0.05) is 40.0 Å². The molecule has 2 amide bonds. The van der Waals surface area contributed by atoms with Crippen LogP contribution in [0.15, 0.2) is 12.2 Å². The monoisotopic (exact) mass is 295 g/mol. The molecular weight excluding hydrogens is 270 g/mol. The number of hydrogen-bond acceptors (Lipinski definition) is 4. The first-order valence-corrected chi connectivity index (χ1v) is 7.76. The lowest BCUT2D eigenvalue weighted by Gasteiger charge is -2.24. The zero-order valence-corrected chi connectivity index (χ0v) is 13.1. The van der Waals surface area contributed by atoms with Crippen molar-refractivity contribution in [1.82, 2.24) is 4.90 Å². The summed E-state index contributed by atoms with van der Waals surface area (Å²) in [6, 6.07) is -0.816. The number of carbonyl (C=O) groups excluding carboxylic acids is 3. The normalized spacial score (nSPS) is 17.2. The average molecular weight is 295 g/mol. The van der Waals surface area contributed by atoms with Crippen LogP contribution in [0.5, 0.6) is 0 Å². The second-order valence-corrected chi connectivity index (χ2v) is 5.35. The Kier molecular flexibility index (Phi) is 7.12. The summed E-state index contributed by atoms with van der Waals surface area (Å²) in [5, 5.41) is 0. The van der Waals surface area contributed by atoms with Gasteiger partial charge in [0.05, 0.1) is 6.61 Å². The summed E-state index contributed by atoms with van der Waals surface area (Å²) in [5.74, 6) is -1.03. The average Bonchev–Trinajstić information content (AvgIpc) is 2.80. The number of carbonyl (C=O) groups is 3. The highest BCUT2D eigenvalue weighted by atomic mass is 16.5. The van der Waals surface area contributed by atoms with Crippen LogP contribution >= 0.6 is 0 Å². The third-order valence-corrected chi connectivity index (χ3v) is 3.82. The van der Waals surface area contributed by atoms with Crippen molar-refractivity contribution in [3.05, 3.63) is 12.2 Å². The van der Waals surface area contributed by atoms with E-state index < -0.39 is 23.8 Å². The van der Waals surface area contributed by atoms with Crippen LogP contribution in [0, 0.1) is 5.92 Å². The van der Waals surface area contributed by atoms with Gasteiger partial charge in [0.15, 0.2) is 0 Å². The van der Waals surface area contributed by atoms with Crippen molar-refractivity contribution in [2.24, 2.45) is 5.92 Å². The van der Waals surface area contributed by atoms with E-state index >= 15 is 0 Å². The Morgan fingerprint density at radius 1 is 1.14 bits per heavy atom. The van der Waals surface area contributed by atoms with E-state index in [0.29, 0.717) is 18.9 Å². The van der Waals surface area contributed by atoms with Gasteiger partial charge in [-0.25, -0.2) is 4.79 Å². The molecule has 1 rings (SSSR count). The summed E-state index contributed by atoms with van der Waals surface area (Å²) >= 11 is 0. The van der Waals surface area contributed by atoms with E-state index in [4.69, 9.17) is 4.74 Å². The molecule has 0 aliphatic carbocycles. The molecule has 2 atom stereocenters. The fourth-order valence-corrected chi connectivity index (χ4v) is 2.37. The van der Waals surface area contributed by atoms with Crippen molar-refractivity contribution in [1.29, 1.82) is 0 Å². The maximum Gasteiger partial charge on any atom is 0.329 e. The van der Waals surface area contributed by atoms with E-state index in [0.717, 1.165) is 30.6 Å². The van der Waals surface area contributed by atoms with Gasteiger partial charge in [0.25, 0.3) is 11.8 Å². The highest BCUT2D eigenvalue weighted by molar-refractivity contribution is 6.14. The van der Waals surface area contributed by atoms with Crippen LogP contribution in [0.25, 0.3) is 0 Å². The Hall–Kier alpha value is -1.65. The summed E-state index contributed by atoms with van der Waals surface area (Å²) in [7, 11) is 0. The molecule has 0 spiro atoms. The van der Waals surface area contributed by atoms with E-state index in [1.807, 2.05) is 0 Å². The van der Waals surface area contributed by atoms with E-state index in [1.54, 1.807) is 6.92 Å². The first-order valence-electron chi connectivity index (χ1n) is 7.76. The van der Waals surface area contributed by atoms with Gasteiger partial charge < -0.3 is 4.74 Å². The fraction of sp³-hybridized carbons (Fsp3) is 0.688. The lowest BCUT2D eigenvalue weighted by Crippen LogP contribution is -2.45. The first-order chi connectivity index (χ1) is 10.0. The van der Waals surface area contributed by atoms with Gasteiger partial charge in [0, 0.05) is 12.2 Å². The zero-order valence-electron chi connectivity index (χ0n) is 13.1. The van der Waals surface area contributed by atoms with Crippen LogP contribution in [0.1, 0.15) is 52.9 Å². The van der Waals surface area contributed by atoms with Crippen molar-refractivity contribution in [3.8, 4) is 0 Å². The summed E-state index contributed by atoms with van der Waals surface area (Å²) in [5.41, 5.74) is 0. The fourth-order valence-electron chi connectivity index (χ4n) is 2.37. The van der Waals surface area contributed by atoms with Crippen LogP contribution in [0.3, 0.4) is 0 Å². The van der Waals surface area contributed by atoms with Crippen molar-refractivity contribution >= 4 is 17.8 Å². The molecule has 1 heterocycles. The predicted molar refractivity (Wildman–Crippen MR) is 79.3 cm³/mol. The minimum absolute atomic E-state index is 0.342. The van der Waals surface area contributed by atoms with Gasteiger partial charge in [0.2, 0.25) is 0 Å². The van der Waals surface area contributed by atoms with Gasteiger partial charge in [-0.2, -0.15) is 0 Å². The molecule has 0 aromatic rings. The quantitative estimate of drug-likeness (QED) is 0.484. The van der Waals surface area contributed by atoms with Gasteiger partial charge >= 0.3 is 5.97 Å². The van der Waals surface area contributed by atoms with Crippen molar-refractivity contribution in [3.63, 3.8) is 0 Å². The Labute approximate surface area is 126 Å². The molecule has 0 N–H and O–H groups in total. The van der Waals surface area contributed by atoms with E-state index in [-0.39, 0.29) is 0 Å². The maximum atomic E-state index is 12.2. The van der Waals surface area contributed by atoms with Crippen LogP contribution in [0.2, 0.25) is 0 Å². The number of ether oxygens (including phenoxy) is 1. The lowest BCUT2D eigenvalue weighted by molar-refractivity contribution is -0.158. The summed E-state index contributed by atoms with van der Waals surface area (Å²) in [6.45, 7) is 6.32. The molecule has 0 aromatic carbocycles. The number of imide groups is 1. The zero-order chi connectivity index (χ0) is 15.8. The topological polar surface area (TPSA) is 63.7 Å². The molecule has 1 aliphatic rings. The SMILES string of the molecule is CCCCC(CC)COC(=O)C(CC)N1C(=O)C=CC1=O. The van der Waals surface area contributed by atoms with Gasteiger partial charge in [-0.15, -0.1) is 0 Å². The highest BCUT2D eigenvalue weighted by Gasteiger charge is 2.35. The molecule has 5 nitrogen and oxygen atoms in total. The first kappa shape index (κ1) is 17.4. The van der Waals surface area contributed by atoms with Crippen molar-refractivity contribution in [2.75, 3.05) is 6.61 Å². The third kappa shape index (κ3) is 4.69. The van der Waals surface area contributed by atoms with Gasteiger partial charge in [-0.05, 0) is 18.8 Å². The molecule has 0 bridgehead atoms. The molecule has 0 saturated heterocycles. The molecule has 1 aliphatic heterocycles. The Morgan fingerprint density at radius 2 is 1.76 bits per heavy atom. The second kappa shape index (κ2) is 8.60. The second-order valence-electron chi connectivity index (χ2n) is 5.35. The molecule has 118 valence electrons. The number of esters is 1. The lowest BCUT2D eigenvalue weighted by atomic mass is 10.0. The van der Waals surface area contributed by atoms with E-state index in [1.165, 1.54) is 12.2 Å².